The van der Waals surface area contributed by atoms with E-state index in [1.165, 1.54) is 0 Å². The number of nitrogens with two attached hydrogens (primary N) is 1. The lowest BCUT2D eigenvalue weighted by atomic mass is 10.2. The maximum Gasteiger partial charge on any atom is 0.253 e. The van der Waals surface area contributed by atoms with Crippen molar-refractivity contribution in [3.05, 3.63) is 23.8 Å². The fourth-order valence-corrected chi connectivity index (χ4v) is 1.21. The monoisotopic (exact) mass is 165 g/mol. The van der Waals surface area contributed by atoms with Crippen molar-refractivity contribution in [1.29, 1.82) is 0 Å². The molecule has 1 aliphatic heterocycles. The first-order chi connectivity index (χ1) is 5.79. The van der Waals surface area contributed by atoms with Crippen molar-refractivity contribution in [3.8, 4) is 11.5 Å². The van der Waals surface area contributed by atoms with Gasteiger partial charge in [-0.15, -0.1) is 0 Å². The van der Waals surface area contributed by atoms with Crippen LogP contribution in [0.15, 0.2) is 18.2 Å². The van der Waals surface area contributed by atoms with Crippen molar-refractivity contribution in [2.45, 2.75) is 13.2 Å². The van der Waals surface area contributed by atoms with Crippen LogP contribution in [-0.2, 0) is 0 Å². The molecule has 1 aromatic rings. The summed E-state index contributed by atoms with van der Waals surface area (Å²) in [5, 5.41) is 0. The summed E-state index contributed by atoms with van der Waals surface area (Å²) >= 11 is 0. The molecule has 12 heavy (non-hydrogen) atoms. The fourth-order valence-electron chi connectivity index (χ4n) is 1.21. The first-order valence-electron chi connectivity index (χ1n) is 3.93. The summed E-state index contributed by atoms with van der Waals surface area (Å²) in [6, 6.07) is 5.84. The molecule has 1 aliphatic rings. The van der Waals surface area contributed by atoms with E-state index in [9.17, 15) is 0 Å². The predicted molar refractivity (Wildman–Crippen MR) is 45.3 cm³/mol. The van der Waals surface area contributed by atoms with Gasteiger partial charge >= 0.3 is 0 Å². The Hall–Kier alpha value is -1.22. The lowest BCUT2D eigenvalue weighted by Gasteiger charge is -2.04. The molecule has 0 saturated heterocycles. The molecule has 0 amide bonds. The van der Waals surface area contributed by atoms with E-state index in [0.717, 1.165) is 17.1 Å². The van der Waals surface area contributed by atoms with E-state index < -0.39 is 0 Å². The van der Waals surface area contributed by atoms with E-state index in [2.05, 4.69) is 0 Å². The minimum atomic E-state index is -0.304. The Kier molecular flexibility index (Phi) is 1.66. The SMILES string of the molecule is Cc1ccc2c(c1)OC(CN)O2. The van der Waals surface area contributed by atoms with Crippen LogP contribution < -0.4 is 15.2 Å². The van der Waals surface area contributed by atoms with Crippen LogP contribution in [0.2, 0.25) is 0 Å². The van der Waals surface area contributed by atoms with Crippen LogP contribution in [0.3, 0.4) is 0 Å². The maximum absolute atomic E-state index is 5.40. The van der Waals surface area contributed by atoms with Crippen molar-refractivity contribution >= 4 is 0 Å². The number of ether oxygens (including phenoxy) is 2. The summed E-state index contributed by atoms with van der Waals surface area (Å²) < 4.78 is 10.8. The molecule has 2 N–H and O–H groups in total. The number of aryl methyl sites for hydroxylation is 1. The zero-order valence-electron chi connectivity index (χ0n) is 6.91. The van der Waals surface area contributed by atoms with Gasteiger partial charge in [-0.2, -0.15) is 0 Å². The Balaban J connectivity index is 2.30. The highest BCUT2D eigenvalue weighted by Gasteiger charge is 2.21. The molecule has 3 heteroatoms. The van der Waals surface area contributed by atoms with Crippen LogP contribution in [0.5, 0.6) is 11.5 Å². The fraction of sp³-hybridized carbons (Fsp3) is 0.333. The van der Waals surface area contributed by atoms with Crippen molar-refractivity contribution < 1.29 is 9.47 Å². The van der Waals surface area contributed by atoms with Gasteiger partial charge in [0, 0.05) is 0 Å². The molecule has 1 atom stereocenters. The topological polar surface area (TPSA) is 44.5 Å². The minimum absolute atomic E-state index is 0.304. The van der Waals surface area contributed by atoms with Crippen LogP contribution in [0.1, 0.15) is 5.56 Å². The van der Waals surface area contributed by atoms with Gasteiger partial charge in [0.2, 0.25) is 0 Å². The minimum Gasteiger partial charge on any atom is -0.450 e. The quantitative estimate of drug-likeness (QED) is 0.676. The standard InChI is InChI=1S/C9H11NO2/c1-6-2-3-7-8(4-6)12-9(5-10)11-7/h2-4,9H,5,10H2,1H3. The summed E-state index contributed by atoms with van der Waals surface area (Å²) in [6.45, 7) is 2.40. The number of fused-ring (bicyclic) bond motifs is 1. The van der Waals surface area contributed by atoms with Crippen molar-refractivity contribution in [3.63, 3.8) is 0 Å². The summed E-state index contributed by atoms with van der Waals surface area (Å²) in [5.74, 6) is 1.58. The van der Waals surface area contributed by atoms with Gasteiger partial charge < -0.3 is 15.2 Å². The summed E-state index contributed by atoms with van der Waals surface area (Å²) in [4.78, 5) is 0. The molecule has 0 aromatic heterocycles. The summed E-state index contributed by atoms with van der Waals surface area (Å²) in [5.41, 5.74) is 6.56. The lowest BCUT2D eigenvalue weighted by molar-refractivity contribution is 0.0580. The second-order valence-electron chi connectivity index (χ2n) is 2.85. The first kappa shape index (κ1) is 7.43. The van der Waals surface area contributed by atoms with Crippen molar-refractivity contribution in [1.82, 2.24) is 0 Å². The van der Waals surface area contributed by atoms with E-state index in [0.29, 0.717) is 6.54 Å². The Labute approximate surface area is 71.1 Å². The van der Waals surface area contributed by atoms with Crippen LogP contribution >= 0.6 is 0 Å². The molecule has 0 saturated carbocycles. The van der Waals surface area contributed by atoms with E-state index in [1.54, 1.807) is 0 Å². The zero-order valence-corrected chi connectivity index (χ0v) is 6.91. The van der Waals surface area contributed by atoms with Gasteiger partial charge in [0.25, 0.3) is 6.29 Å². The van der Waals surface area contributed by atoms with Crippen LogP contribution in [0.25, 0.3) is 0 Å². The molecule has 1 aromatic carbocycles. The first-order valence-corrected chi connectivity index (χ1v) is 3.93. The van der Waals surface area contributed by atoms with Crippen LogP contribution in [-0.4, -0.2) is 12.8 Å². The number of hydrogen-bond donors (Lipinski definition) is 1. The second-order valence-corrected chi connectivity index (χ2v) is 2.85. The van der Waals surface area contributed by atoms with Crippen molar-refractivity contribution in [2.24, 2.45) is 5.73 Å². The molecule has 0 radical (unpaired) electrons. The zero-order chi connectivity index (χ0) is 8.55. The van der Waals surface area contributed by atoms with Gasteiger partial charge in [-0.1, -0.05) is 6.07 Å². The molecule has 3 nitrogen and oxygen atoms in total. The molecule has 0 fully saturated rings. The molecule has 0 aliphatic carbocycles. The van der Waals surface area contributed by atoms with E-state index in [1.807, 2.05) is 25.1 Å². The highest BCUT2D eigenvalue weighted by atomic mass is 16.7. The third-order valence-corrected chi connectivity index (χ3v) is 1.81. The highest BCUT2D eigenvalue weighted by molar-refractivity contribution is 5.44. The Morgan fingerprint density at radius 1 is 1.33 bits per heavy atom. The Morgan fingerprint density at radius 2 is 2.08 bits per heavy atom. The molecule has 1 unspecified atom stereocenters. The normalized spacial score (nSPS) is 19.7. The average Bonchev–Trinajstić information content (AvgIpc) is 2.46. The van der Waals surface area contributed by atoms with Crippen molar-refractivity contribution in [2.75, 3.05) is 6.54 Å². The molecule has 0 spiro atoms. The molecule has 2 rings (SSSR count). The largest absolute Gasteiger partial charge is 0.450 e. The van der Waals surface area contributed by atoms with E-state index in [-0.39, 0.29) is 6.29 Å². The van der Waals surface area contributed by atoms with Crippen LogP contribution in [0, 0.1) is 6.92 Å². The molecule has 0 bridgehead atoms. The van der Waals surface area contributed by atoms with E-state index in [4.69, 9.17) is 15.2 Å². The van der Waals surface area contributed by atoms with Gasteiger partial charge in [-0.3, -0.25) is 0 Å². The average molecular weight is 165 g/mol. The summed E-state index contributed by atoms with van der Waals surface area (Å²) in [7, 11) is 0. The Bertz CT molecular complexity index is 299. The third-order valence-electron chi connectivity index (χ3n) is 1.81. The Morgan fingerprint density at radius 3 is 2.83 bits per heavy atom. The number of benzene rings is 1. The van der Waals surface area contributed by atoms with Gasteiger partial charge in [0.05, 0.1) is 6.54 Å². The maximum atomic E-state index is 5.40. The third kappa shape index (κ3) is 1.12. The number of rotatable bonds is 1. The molecule has 1 heterocycles. The molecule has 64 valence electrons. The van der Waals surface area contributed by atoms with Crippen LogP contribution in [0.4, 0.5) is 0 Å². The van der Waals surface area contributed by atoms with E-state index >= 15 is 0 Å². The van der Waals surface area contributed by atoms with Gasteiger partial charge in [0.1, 0.15) is 0 Å². The van der Waals surface area contributed by atoms with Gasteiger partial charge in [-0.05, 0) is 24.6 Å². The van der Waals surface area contributed by atoms with Gasteiger partial charge in [-0.25, -0.2) is 0 Å². The predicted octanol–water partition coefficient (Wildman–Crippen LogP) is 1.05. The highest BCUT2D eigenvalue weighted by Crippen LogP contribution is 2.34. The smallest absolute Gasteiger partial charge is 0.253 e. The molecular weight excluding hydrogens is 154 g/mol. The lowest BCUT2D eigenvalue weighted by Crippen LogP contribution is -2.27. The second kappa shape index (κ2) is 2.68. The number of hydrogen-bond acceptors (Lipinski definition) is 3. The molecular formula is C9H11NO2. The summed E-state index contributed by atoms with van der Waals surface area (Å²) in [6.07, 6.45) is -0.304. The van der Waals surface area contributed by atoms with Gasteiger partial charge in [0.15, 0.2) is 11.5 Å².